The zero-order chi connectivity index (χ0) is 8.10. The van der Waals surface area contributed by atoms with E-state index in [2.05, 4.69) is 0 Å². The molecule has 0 radical (unpaired) electrons. The van der Waals surface area contributed by atoms with Gasteiger partial charge in [-0.1, -0.05) is 30.3 Å². The van der Waals surface area contributed by atoms with Crippen molar-refractivity contribution in [3.8, 4) is 0 Å². The third-order valence-corrected chi connectivity index (χ3v) is 1.47. The van der Waals surface area contributed by atoms with E-state index < -0.39 is 5.97 Å². The number of rotatable bonds is 3. The average molecular weight is 168 g/mol. The molecule has 3 heteroatoms. The zero-order valence-corrected chi connectivity index (χ0v) is 6.66. The molecule has 0 aromatic heterocycles. The second-order valence-electron chi connectivity index (χ2n) is 2.38. The van der Waals surface area contributed by atoms with Crippen LogP contribution < -0.4 is 0 Å². The van der Waals surface area contributed by atoms with Crippen LogP contribution in [0.5, 0.6) is 0 Å². The Labute approximate surface area is 71.0 Å². The van der Waals surface area contributed by atoms with E-state index in [0.29, 0.717) is 6.42 Å². The van der Waals surface area contributed by atoms with E-state index in [1.807, 2.05) is 30.3 Å². The topological polar surface area (TPSA) is 68.8 Å². The van der Waals surface area contributed by atoms with Gasteiger partial charge in [0.05, 0.1) is 0 Å². The molecular formula is C9H12O3. The van der Waals surface area contributed by atoms with Crippen molar-refractivity contribution in [3.63, 3.8) is 0 Å². The second-order valence-corrected chi connectivity index (χ2v) is 2.38. The van der Waals surface area contributed by atoms with Gasteiger partial charge in [0.25, 0.3) is 0 Å². The molecule has 0 unspecified atom stereocenters. The first-order valence-electron chi connectivity index (χ1n) is 3.55. The van der Waals surface area contributed by atoms with Crippen LogP contribution in [0.15, 0.2) is 30.3 Å². The summed E-state index contributed by atoms with van der Waals surface area (Å²) in [6.07, 6.45) is 0.834. The Morgan fingerprint density at radius 2 is 1.83 bits per heavy atom. The van der Waals surface area contributed by atoms with Crippen LogP contribution in [0.2, 0.25) is 0 Å². The predicted octanol–water partition coefficient (Wildman–Crippen LogP) is 0.879. The first-order valence-corrected chi connectivity index (χ1v) is 3.55. The van der Waals surface area contributed by atoms with Crippen LogP contribution in [-0.4, -0.2) is 16.6 Å². The summed E-state index contributed by atoms with van der Waals surface area (Å²) in [5.74, 6) is -0.742. The summed E-state index contributed by atoms with van der Waals surface area (Å²) in [7, 11) is 0. The summed E-state index contributed by atoms with van der Waals surface area (Å²) in [6, 6.07) is 9.62. The van der Waals surface area contributed by atoms with Crippen molar-refractivity contribution in [1.29, 1.82) is 0 Å². The molecular weight excluding hydrogens is 156 g/mol. The zero-order valence-electron chi connectivity index (χ0n) is 6.66. The lowest BCUT2D eigenvalue weighted by Crippen LogP contribution is -1.96. The van der Waals surface area contributed by atoms with E-state index >= 15 is 0 Å². The van der Waals surface area contributed by atoms with Crippen molar-refractivity contribution in [2.24, 2.45) is 0 Å². The Kier molecular flexibility index (Phi) is 4.72. The number of carbonyl (C=O) groups is 1. The smallest absolute Gasteiger partial charge is 0.303 e. The molecule has 0 aliphatic heterocycles. The van der Waals surface area contributed by atoms with E-state index in [-0.39, 0.29) is 11.9 Å². The van der Waals surface area contributed by atoms with Crippen LogP contribution in [0.25, 0.3) is 0 Å². The van der Waals surface area contributed by atoms with E-state index in [1.54, 1.807) is 0 Å². The van der Waals surface area contributed by atoms with Gasteiger partial charge in [0, 0.05) is 6.42 Å². The van der Waals surface area contributed by atoms with E-state index in [0.717, 1.165) is 5.56 Å². The molecule has 0 bridgehead atoms. The quantitative estimate of drug-likeness (QED) is 0.727. The molecule has 0 aliphatic rings. The van der Waals surface area contributed by atoms with Crippen LogP contribution in [0.4, 0.5) is 0 Å². The molecule has 0 spiro atoms. The molecule has 1 aromatic rings. The summed E-state index contributed by atoms with van der Waals surface area (Å²) in [4.78, 5) is 10.2. The van der Waals surface area contributed by atoms with Crippen LogP contribution in [-0.2, 0) is 11.2 Å². The highest BCUT2D eigenvalue weighted by molar-refractivity contribution is 5.67. The van der Waals surface area contributed by atoms with Crippen LogP contribution >= 0.6 is 0 Å². The maximum absolute atomic E-state index is 10.2. The third-order valence-electron chi connectivity index (χ3n) is 1.47. The Bertz CT molecular complexity index is 231. The highest BCUT2D eigenvalue weighted by Crippen LogP contribution is 2.01. The summed E-state index contributed by atoms with van der Waals surface area (Å²) in [5.41, 5.74) is 1.08. The lowest BCUT2D eigenvalue weighted by Gasteiger charge is -1.95. The number of carboxylic acids is 1. The van der Waals surface area contributed by atoms with E-state index in [1.165, 1.54) is 0 Å². The Balaban J connectivity index is 0.00000121. The molecule has 0 amide bonds. The van der Waals surface area contributed by atoms with Gasteiger partial charge in [-0.25, -0.2) is 0 Å². The number of aliphatic carboxylic acids is 1. The molecule has 66 valence electrons. The fourth-order valence-corrected chi connectivity index (χ4v) is 0.896. The van der Waals surface area contributed by atoms with Crippen LogP contribution in [0, 0.1) is 0 Å². The van der Waals surface area contributed by atoms with Crippen LogP contribution in [0.3, 0.4) is 0 Å². The first kappa shape index (κ1) is 10.7. The van der Waals surface area contributed by atoms with Crippen molar-refractivity contribution in [1.82, 2.24) is 0 Å². The predicted molar refractivity (Wildman–Crippen MR) is 46.0 cm³/mol. The van der Waals surface area contributed by atoms with Gasteiger partial charge in [0.2, 0.25) is 0 Å². The molecule has 0 atom stereocenters. The van der Waals surface area contributed by atoms with Crippen molar-refractivity contribution in [2.45, 2.75) is 12.8 Å². The Hall–Kier alpha value is -1.35. The summed E-state index contributed by atoms with van der Waals surface area (Å²) in [5, 5.41) is 8.37. The summed E-state index contributed by atoms with van der Waals surface area (Å²) in [6.45, 7) is 0. The fraction of sp³-hybridized carbons (Fsp3) is 0.222. The van der Waals surface area contributed by atoms with Crippen molar-refractivity contribution in [3.05, 3.63) is 35.9 Å². The lowest BCUT2D eigenvalue weighted by atomic mass is 10.1. The highest BCUT2D eigenvalue weighted by Gasteiger charge is 1.96. The monoisotopic (exact) mass is 168 g/mol. The molecule has 0 saturated heterocycles. The van der Waals surface area contributed by atoms with Gasteiger partial charge < -0.3 is 10.6 Å². The molecule has 0 aliphatic carbocycles. The first-order chi connectivity index (χ1) is 5.29. The van der Waals surface area contributed by atoms with Gasteiger partial charge in [-0.3, -0.25) is 4.79 Å². The minimum atomic E-state index is -0.742. The normalized spacial score (nSPS) is 8.67. The summed E-state index contributed by atoms with van der Waals surface area (Å²) < 4.78 is 0. The molecule has 12 heavy (non-hydrogen) atoms. The molecule has 3 N–H and O–H groups in total. The van der Waals surface area contributed by atoms with Gasteiger partial charge in [0.1, 0.15) is 0 Å². The van der Waals surface area contributed by atoms with Crippen molar-refractivity contribution >= 4 is 5.97 Å². The number of carboxylic acid groups (broad SMARTS) is 1. The molecule has 1 rings (SSSR count). The second kappa shape index (κ2) is 5.32. The largest absolute Gasteiger partial charge is 0.481 e. The lowest BCUT2D eigenvalue weighted by molar-refractivity contribution is -0.136. The number of benzene rings is 1. The Morgan fingerprint density at radius 1 is 1.25 bits per heavy atom. The molecule has 0 saturated carbocycles. The van der Waals surface area contributed by atoms with Gasteiger partial charge >= 0.3 is 5.97 Å². The standard InChI is InChI=1S/C9H10O2.H2O/c10-9(11)7-6-8-4-2-1-3-5-8;/h1-5H,6-7H2,(H,10,11);1H2. The van der Waals surface area contributed by atoms with E-state index in [9.17, 15) is 4.79 Å². The maximum Gasteiger partial charge on any atom is 0.303 e. The SMILES string of the molecule is O.O=C(O)CCc1ccccc1. The van der Waals surface area contributed by atoms with Crippen LogP contribution in [0.1, 0.15) is 12.0 Å². The maximum atomic E-state index is 10.2. The molecule has 1 aromatic carbocycles. The third kappa shape index (κ3) is 3.73. The fourth-order valence-electron chi connectivity index (χ4n) is 0.896. The molecule has 0 heterocycles. The van der Waals surface area contributed by atoms with Gasteiger partial charge in [0.15, 0.2) is 0 Å². The molecule has 3 nitrogen and oxygen atoms in total. The minimum absolute atomic E-state index is 0. The van der Waals surface area contributed by atoms with Crippen molar-refractivity contribution < 1.29 is 15.4 Å². The highest BCUT2D eigenvalue weighted by atomic mass is 16.4. The van der Waals surface area contributed by atoms with Gasteiger partial charge in [-0.05, 0) is 12.0 Å². The van der Waals surface area contributed by atoms with Gasteiger partial charge in [-0.2, -0.15) is 0 Å². The average Bonchev–Trinajstić information content (AvgIpc) is 2.03. The number of hydrogen-bond acceptors (Lipinski definition) is 1. The minimum Gasteiger partial charge on any atom is -0.481 e. The van der Waals surface area contributed by atoms with E-state index in [4.69, 9.17) is 5.11 Å². The number of aryl methyl sites for hydroxylation is 1. The van der Waals surface area contributed by atoms with Crippen molar-refractivity contribution in [2.75, 3.05) is 0 Å². The summed E-state index contributed by atoms with van der Waals surface area (Å²) >= 11 is 0. The van der Waals surface area contributed by atoms with Gasteiger partial charge in [-0.15, -0.1) is 0 Å². The number of hydrogen-bond donors (Lipinski definition) is 1. The molecule has 0 fully saturated rings. The Morgan fingerprint density at radius 3 is 2.33 bits per heavy atom.